The molecule has 1 aliphatic carbocycles. The van der Waals surface area contributed by atoms with Crippen LogP contribution < -0.4 is 4.74 Å². The zero-order valence-electron chi connectivity index (χ0n) is 13.8. The molecule has 1 aromatic carbocycles. The van der Waals surface area contributed by atoms with E-state index in [2.05, 4.69) is 10.1 Å². The first-order chi connectivity index (χ1) is 11.8. The summed E-state index contributed by atoms with van der Waals surface area (Å²) < 4.78 is 10.6. The lowest BCUT2D eigenvalue weighted by molar-refractivity contribution is -0.139. The molecule has 2 heterocycles. The van der Waals surface area contributed by atoms with Crippen LogP contribution in [0.1, 0.15) is 44.0 Å². The summed E-state index contributed by atoms with van der Waals surface area (Å²) in [5.41, 5.74) is 0.876. The SMILES string of the molecule is COc1ccc(-c2noc([C@@H]3CCCN3C(=O)C3CCC3)n2)cc1. The van der Waals surface area contributed by atoms with E-state index in [9.17, 15) is 4.79 Å². The fourth-order valence-electron chi connectivity index (χ4n) is 3.40. The van der Waals surface area contributed by atoms with Crippen molar-refractivity contribution in [3.05, 3.63) is 30.2 Å². The van der Waals surface area contributed by atoms with Crippen LogP contribution in [-0.4, -0.2) is 34.6 Å². The summed E-state index contributed by atoms with van der Waals surface area (Å²) in [5, 5.41) is 4.09. The van der Waals surface area contributed by atoms with Crippen LogP contribution in [0.3, 0.4) is 0 Å². The topological polar surface area (TPSA) is 68.5 Å². The second-order valence-corrected chi connectivity index (χ2v) is 6.50. The van der Waals surface area contributed by atoms with E-state index in [1.807, 2.05) is 29.2 Å². The van der Waals surface area contributed by atoms with Crippen molar-refractivity contribution in [2.45, 2.75) is 38.1 Å². The summed E-state index contributed by atoms with van der Waals surface area (Å²) >= 11 is 0. The van der Waals surface area contributed by atoms with Crippen LogP contribution in [0.5, 0.6) is 5.75 Å². The van der Waals surface area contributed by atoms with Crippen LogP contribution in [-0.2, 0) is 4.79 Å². The Kier molecular flexibility index (Phi) is 3.96. The van der Waals surface area contributed by atoms with E-state index in [-0.39, 0.29) is 17.9 Å². The van der Waals surface area contributed by atoms with E-state index in [1.54, 1.807) is 7.11 Å². The monoisotopic (exact) mass is 327 g/mol. The van der Waals surface area contributed by atoms with Crippen molar-refractivity contribution in [3.63, 3.8) is 0 Å². The van der Waals surface area contributed by atoms with E-state index in [1.165, 1.54) is 0 Å². The minimum Gasteiger partial charge on any atom is -0.497 e. The molecule has 1 aliphatic heterocycles. The van der Waals surface area contributed by atoms with Gasteiger partial charge in [-0.2, -0.15) is 4.98 Å². The average molecular weight is 327 g/mol. The van der Waals surface area contributed by atoms with Gasteiger partial charge in [0.2, 0.25) is 17.6 Å². The summed E-state index contributed by atoms with van der Waals surface area (Å²) in [4.78, 5) is 19.1. The molecule has 126 valence electrons. The highest BCUT2D eigenvalue weighted by atomic mass is 16.5. The average Bonchev–Trinajstić information content (AvgIpc) is 3.22. The van der Waals surface area contributed by atoms with Crippen molar-refractivity contribution in [3.8, 4) is 17.1 Å². The normalized spacial score (nSPS) is 20.9. The Morgan fingerprint density at radius 3 is 2.67 bits per heavy atom. The first-order valence-corrected chi connectivity index (χ1v) is 8.55. The number of amides is 1. The molecule has 24 heavy (non-hydrogen) atoms. The molecule has 0 N–H and O–H groups in total. The largest absolute Gasteiger partial charge is 0.497 e. The summed E-state index contributed by atoms with van der Waals surface area (Å²) in [6.45, 7) is 0.792. The summed E-state index contributed by atoms with van der Waals surface area (Å²) in [5.74, 6) is 2.35. The van der Waals surface area contributed by atoms with Crippen molar-refractivity contribution in [2.24, 2.45) is 5.92 Å². The Labute approximate surface area is 140 Å². The number of ether oxygens (including phenoxy) is 1. The molecule has 1 atom stereocenters. The molecule has 2 aliphatic rings. The number of benzene rings is 1. The van der Waals surface area contributed by atoms with Crippen LogP contribution in [0, 0.1) is 5.92 Å². The number of nitrogens with zero attached hydrogens (tertiary/aromatic N) is 3. The van der Waals surface area contributed by atoms with E-state index in [0.29, 0.717) is 11.7 Å². The molecule has 2 aromatic rings. The molecule has 1 saturated heterocycles. The van der Waals surface area contributed by atoms with E-state index in [4.69, 9.17) is 9.26 Å². The predicted molar refractivity (Wildman–Crippen MR) is 87.3 cm³/mol. The van der Waals surface area contributed by atoms with Crippen LogP contribution in [0.25, 0.3) is 11.4 Å². The third-order valence-electron chi connectivity index (χ3n) is 5.07. The molecule has 0 radical (unpaired) electrons. The molecular formula is C18H21N3O3. The van der Waals surface area contributed by atoms with Crippen molar-refractivity contribution < 1.29 is 14.1 Å². The van der Waals surface area contributed by atoms with Crippen molar-refractivity contribution >= 4 is 5.91 Å². The number of methoxy groups -OCH3 is 1. The van der Waals surface area contributed by atoms with Gasteiger partial charge in [-0.05, 0) is 49.9 Å². The number of rotatable bonds is 4. The minimum atomic E-state index is -0.0717. The van der Waals surface area contributed by atoms with Crippen LogP contribution in [0.2, 0.25) is 0 Å². The Hall–Kier alpha value is -2.37. The fraction of sp³-hybridized carbons (Fsp3) is 0.500. The Bertz CT molecular complexity index is 721. The molecule has 6 nitrogen and oxygen atoms in total. The highest BCUT2D eigenvalue weighted by Crippen LogP contribution is 2.37. The van der Waals surface area contributed by atoms with Gasteiger partial charge in [0, 0.05) is 18.0 Å². The summed E-state index contributed by atoms with van der Waals surface area (Å²) in [6, 6.07) is 7.47. The Morgan fingerprint density at radius 1 is 1.21 bits per heavy atom. The first kappa shape index (κ1) is 15.2. The van der Waals surface area contributed by atoms with Gasteiger partial charge >= 0.3 is 0 Å². The van der Waals surface area contributed by atoms with Crippen molar-refractivity contribution in [1.29, 1.82) is 0 Å². The zero-order chi connectivity index (χ0) is 16.5. The smallest absolute Gasteiger partial charge is 0.249 e. The second-order valence-electron chi connectivity index (χ2n) is 6.50. The number of aromatic nitrogens is 2. The van der Waals surface area contributed by atoms with Gasteiger partial charge in [-0.25, -0.2) is 0 Å². The highest BCUT2D eigenvalue weighted by Gasteiger charge is 2.38. The molecule has 1 amide bonds. The van der Waals surface area contributed by atoms with Gasteiger partial charge in [0.1, 0.15) is 11.8 Å². The van der Waals surface area contributed by atoms with Gasteiger partial charge in [0.15, 0.2) is 0 Å². The predicted octanol–water partition coefficient (Wildman–Crippen LogP) is 3.21. The number of carbonyl (C=O) groups is 1. The van der Waals surface area contributed by atoms with Crippen LogP contribution in [0.4, 0.5) is 0 Å². The molecule has 4 rings (SSSR count). The summed E-state index contributed by atoms with van der Waals surface area (Å²) in [6.07, 6.45) is 5.08. The zero-order valence-corrected chi connectivity index (χ0v) is 13.8. The van der Waals surface area contributed by atoms with Crippen LogP contribution in [0.15, 0.2) is 28.8 Å². The molecule has 2 fully saturated rings. The quantitative estimate of drug-likeness (QED) is 0.862. The summed E-state index contributed by atoms with van der Waals surface area (Å²) in [7, 11) is 1.63. The minimum absolute atomic E-state index is 0.0717. The lowest BCUT2D eigenvalue weighted by Crippen LogP contribution is -2.38. The molecular weight excluding hydrogens is 306 g/mol. The van der Waals surface area contributed by atoms with Gasteiger partial charge in [0.25, 0.3) is 0 Å². The van der Waals surface area contributed by atoms with Gasteiger partial charge < -0.3 is 14.2 Å². The third kappa shape index (κ3) is 2.66. The maximum Gasteiger partial charge on any atom is 0.249 e. The fourth-order valence-corrected chi connectivity index (χ4v) is 3.40. The standard InChI is InChI=1S/C18H21N3O3/c1-23-14-9-7-12(8-10-14)16-19-17(24-20-16)15-6-3-11-21(15)18(22)13-4-2-5-13/h7-10,13,15H,2-6,11H2,1H3/t15-/m0/s1. The number of likely N-dealkylation sites (tertiary alicyclic amines) is 1. The van der Waals surface area contributed by atoms with Gasteiger partial charge in [0.05, 0.1) is 7.11 Å². The lowest BCUT2D eigenvalue weighted by atomic mass is 9.84. The third-order valence-corrected chi connectivity index (χ3v) is 5.07. The van der Waals surface area contributed by atoms with Gasteiger partial charge in [-0.15, -0.1) is 0 Å². The van der Waals surface area contributed by atoms with Gasteiger partial charge in [-0.1, -0.05) is 11.6 Å². The maximum atomic E-state index is 12.6. The molecule has 0 unspecified atom stereocenters. The molecule has 1 aromatic heterocycles. The number of hydrogen-bond acceptors (Lipinski definition) is 5. The first-order valence-electron chi connectivity index (χ1n) is 8.55. The maximum absolute atomic E-state index is 12.6. The Balaban J connectivity index is 1.53. The van der Waals surface area contributed by atoms with Crippen LogP contribution >= 0.6 is 0 Å². The van der Waals surface area contributed by atoms with E-state index < -0.39 is 0 Å². The molecule has 1 saturated carbocycles. The second kappa shape index (κ2) is 6.26. The molecule has 0 spiro atoms. The van der Waals surface area contributed by atoms with Gasteiger partial charge in [-0.3, -0.25) is 4.79 Å². The Morgan fingerprint density at radius 2 is 2.00 bits per heavy atom. The molecule has 6 heteroatoms. The molecule has 0 bridgehead atoms. The van der Waals surface area contributed by atoms with E-state index >= 15 is 0 Å². The van der Waals surface area contributed by atoms with Crippen molar-refractivity contribution in [1.82, 2.24) is 15.0 Å². The number of carbonyl (C=O) groups excluding carboxylic acids is 1. The lowest BCUT2D eigenvalue weighted by Gasteiger charge is -2.31. The van der Waals surface area contributed by atoms with E-state index in [0.717, 1.165) is 50.0 Å². The highest BCUT2D eigenvalue weighted by molar-refractivity contribution is 5.80. The number of hydrogen-bond donors (Lipinski definition) is 0. The van der Waals surface area contributed by atoms with Crippen molar-refractivity contribution in [2.75, 3.05) is 13.7 Å².